The molecule has 0 aliphatic rings. The van der Waals surface area contributed by atoms with Crippen LogP contribution in [0, 0.1) is 0 Å². The summed E-state index contributed by atoms with van der Waals surface area (Å²) in [6, 6.07) is 1.88. The van der Waals surface area contributed by atoms with Gasteiger partial charge in [-0.15, -0.1) is 11.3 Å². The number of hydrogen-bond acceptors (Lipinski definition) is 3. The molecule has 66 valence electrons. The molecule has 0 radical (unpaired) electrons. The highest BCUT2D eigenvalue weighted by atomic mass is 32.1. The Bertz CT molecular complexity index is 296. The van der Waals surface area contributed by atoms with E-state index < -0.39 is 0 Å². The number of anilines is 1. The maximum absolute atomic E-state index is 10.6. The van der Waals surface area contributed by atoms with E-state index >= 15 is 0 Å². The number of aldehydes is 1. The lowest BCUT2D eigenvalue weighted by Gasteiger charge is -2.17. The molecule has 0 aliphatic heterocycles. The van der Waals surface area contributed by atoms with E-state index in [0.717, 1.165) is 16.7 Å². The summed E-state index contributed by atoms with van der Waals surface area (Å²) in [5.41, 5.74) is 6.66. The topological polar surface area (TPSA) is 43.1 Å². The summed E-state index contributed by atoms with van der Waals surface area (Å²) in [7, 11) is 0. The van der Waals surface area contributed by atoms with Crippen LogP contribution in [0.4, 0.5) is 5.00 Å². The monoisotopic (exact) mass is 183 g/mol. The molecule has 2 N–H and O–H groups in total. The zero-order valence-electron chi connectivity index (χ0n) is 7.55. The predicted molar refractivity (Wildman–Crippen MR) is 52.8 cm³/mol. The second-order valence-electron chi connectivity index (χ2n) is 3.79. The average Bonchev–Trinajstić information content (AvgIpc) is 2.29. The first kappa shape index (κ1) is 9.26. The van der Waals surface area contributed by atoms with Crippen LogP contribution >= 0.6 is 11.3 Å². The molecule has 0 aromatic carbocycles. The van der Waals surface area contributed by atoms with Crippen LogP contribution in [0.15, 0.2) is 6.07 Å². The van der Waals surface area contributed by atoms with Crippen molar-refractivity contribution in [3.8, 4) is 0 Å². The van der Waals surface area contributed by atoms with Crippen LogP contribution < -0.4 is 5.73 Å². The first-order chi connectivity index (χ1) is 5.45. The van der Waals surface area contributed by atoms with Gasteiger partial charge in [-0.2, -0.15) is 0 Å². The van der Waals surface area contributed by atoms with Crippen molar-refractivity contribution in [2.75, 3.05) is 5.73 Å². The maximum atomic E-state index is 10.6. The second-order valence-corrected chi connectivity index (χ2v) is 4.91. The third-order valence-corrected chi connectivity index (χ3v) is 2.58. The van der Waals surface area contributed by atoms with Gasteiger partial charge in [0.15, 0.2) is 6.29 Å². The third kappa shape index (κ3) is 1.67. The Morgan fingerprint density at radius 2 is 2.08 bits per heavy atom. The summed E-state index contributed by atoms with van der Waals surface area (Å²) < 4.78 is 0. The molecule has 0 saturated heterocycles. The number of hydrogen-bond donors (Lipinski definition) is 1. The van der Waals surface area contributed by atoms with Crippen LogP contribution in [0.1, 0.15) is 36.0 Å². The van der Waals surface area contributed by atoms with Crippen molar-refractivity contribution in [2.24, 2.45) is 0 Å². The second kappa shape index (κ2) is 2.90. The van der Waals surface area contributed by atoms with Crippen LogP contribution in [0.25, 0.3) is 0 Å². The zero-order chi connectivity index (χ0) is 9.35. The van der Waals surface area contributed by atoms with Crippen molar-refractivity contribution in [1.29, 1.82) is 0 Å². The number of thiophene rings is 1. The Morgan fingerprint density at radius 1 is 1.50 bits per heavy atom. The Hall–Kier alpha value is -0.830. The van der Waals surface area contributed by atoms with Crippen LogP contribution in [0.5, 0.6) is 0 Å². The lowest BCUT2D eigenvalue weighted by Crippen LogP contribution is -2.11. The lowest BCUT2D eigenvalue weighted by atomic mass is 9.87. The van der Waals surface area contributed by atoms with Gasteiger partial charge in [-0.25, -0.2) is 0 Å². The largest absolute Gasteiger partial charge is 0.391 e. The van der Waals surface area contributed by atoms with E-state index in [1.807, 2.05) is 6.07 Å². The van der Waals surface area contributed by atoms with Crippen molar-refractivity contribution in [1.82, 2.24) is 0 Å². The summed E-state index contributed by atoms with van der Waals surface area (Å²) in [5, 5.41) is 0.710. The molecule has 0 spiro atoms. The summed E-state index contributed by atoms with van der Waals surface area (Å²) in [6.45, 7) is 6.21. The van der Waals surface area contributed by atoms with Gasteiger partial charge in [0.05, 0.1) is 9.88 Å². The number of carbonyl (C=O) groups is 1. The Balaban J connectivity index is 3.22. The highest BCUT2D eigenvalue weighted by Gasteiger charge is 2.19. The van der Waals surface area contributed by atoms with Crippen LogP contribution in [-0.4, -0.2) is 6.29 Å². The fourth-order valence-electron chi connectivity index (χ4n) is 1.10. The van der Waals surface area contributed by atoms with Crippen LogP contribution in [0.3, 0.4) is 0 Å². The number of nitrogens with two attached hydrogens (primary N) is 1. The molecule has 12 heavy (non-hydrogen) atoms. The zero-order valence-corrected chi connectivity index (χ0v) is 8.37. The average molecular weight is 183 g/mol. The van der Waals surface area contributed by atoms with E-state index in [4.69, 9.17) is 5.73 Å². The Kier molecular flexibility index (Phi) is 2.24. The molecule has 1 heterocycles. The summed E-state index contributed by atoms with van der Waals surface area (Å²) in [4.78, 5) is 11.4. The van der Waals surface area contributed by atoms with Gasteiger partial charge in [0, 0.05) is 0 Å². The highest BCUT2D eigenvalue weighted by molar-refractivity contribution is 7.17. The van der Waals surface area contributed by atoms with Crippen LogP contribution in [-0.2, 0) is 5.41 Å². The number of carbonyl (C=O) groups excluding carboxylic acids is 1. The smallest absolute Gasteiger partial charge is 0.160 e. The molecule has 2 nitrogen and oxygen atoms in total. The fraction of sp³-hybridized carbons (Fsp3) is 0.444. The van der Waals surface area contributed by atoms with Gasteiger partial charge >= 0.3 is 0 Å². The standard InChI is InChI=1S/C9H13NOS/c1-9(2,3)6-4-8(10)12-7(6)5-11/h4-5H,10H2,1-3H3. The van der Waals surface area contributed by atoms with E-state index in [1.165, 1.54) is 11.3 Å². The van der Waals surface area contributed by atoms with Crippen molar-refractivity contribution in [2.45, 2.75) is 26.2 Å². The molecule has 1 rings (SSSR count). The van der Waals surface area contributed by atoms with Gasteiger partial charge in [0.2, 0.25) is 0 Å². The van der Waals surface area contributed by atoms with Gasteiger partial charge in [-0.3, -0.25) is 4.79 Å². The number of nitrogen functional groups attached to an aromatic ring is 1. The molecule has 0 unspecified atom stereocenters. The maximum Gasteiger partial charge on any atom is 0.160 e. The number of rotatable bonds is 1. The molecule has 1 aromatic rings. The van der Waals surface area contributed by atoms with Gasteiger partial charge in [-0.1, -0.05) is 20.8 Å². The van der Waals surface area contributed by atoms with Crippen LogP contribution in [0.2, 0.25) is 0 Å². The van der Waals surface area contributed by atoms with E-state index in [0.29, 0.717) is 5.00 Å². The van der Waals surface area contributed by atoms with E-state index in [2.05, 4.69) is 20.8 Å². The van der Waals surface area contributed by atoms with E-state index in [9.17, 15) is 4.79 Å². The molecule has 1 aromatic heterocycles. The summed E-state index contributed by atoms with van der Waals surface area (Å²) in [5.74, 6) is 0. The first-order valence-corrected chi connectivity index (χ1v) is 4.62. The summed E-state index contributed by atoms with van der Waals surface area (Å²) >= 11 is 1.35. The van der Waals surface area contributed by atoms with Crippen molar-refractivity contribution in [3.05, 3.63) is 16.5 Å². The molecule has 0 aliphatic carbocycles. The fourth-order valence-corrected chi connectivity index (χ4v) is 2.05. The predicted octanol–water partition coefficient (Wildman–Crippen LogP) is 2.44. The quantitative estimate of drug-likeness (QED) is 0.679. The molecule has 0 amide bonds. The molecule has 0 fully saturated rings. The molecule has 0 saturated carbocycles. The van der Waals surface area contributed by atoms with Gasteiger partial charge in [0.1, 0.15) is 0 Å². The minimum absolute atomic E-state index is 0.00433. The summed E-state index contributed by atoms with van der Waals surface area (Å²) in [6.07, 6.45) is 0.877. The van der Waals surface area contributed by atoms with Gasteiger partial charge in [0.25, 0.3) is 0 Å². The molecule has 0 atom stereocenters. The molecular formula is C9H13NOS. The van der Waals surface area contributed by atoms with E-state index in [-0.39, 0.29) is 5.41 Å². The SMILES string of the molecule is CC(C)(C)c1cc(N)sc1C=O. The minimum Gasteiger partial charge on any atom is -0.391 e. The minimum atomic E-state index is 0.00433. The van der Waals surface area contributed by atoms with E-state index in [1.54, 1.807) is 0 Å². The van der Waals surface area contributed by atoms with Gasteiger partial charge in [-0.05, 0) is 17.0 Å². The molecule has 3 heteroatoms. The highest BCUT2D eigenvalue weighted by Crippen LogP contribution is 2.32. The van der Waals surface area contributed by atoms with Gasteiger partial charge < -0.3 is 5.73 Å². The Morgan fingerprint density at radius 3 is 2.42 bits per heavy atom. The lowest BCUT2D eigenvalue weighted by molar-refractivity contribution is 0.112. The van der Waals surface area contributed by atoms with Crippen molar-refractivity contribution in [3.63, 3.8) is 0 Å². The third-order valence-electron chi connectivity index (χ3n) is 1.69. The first-order valence-electron chi connectivity index (χ1n) is 3.80. The molecule has 0 bridgehead atoms. The van der Waals surface area contributed by atoms with Crippen molar-refractivity contribution >= 4 is 22.6 Å². The normalized spacial score (nSPS) is 11.6. The molecular weight excluding hydrogens is 170 g/mol. The Labute approximate surface area is 76.4 Å². The van der Waals surface area contributed by atoms with Crippen molar-refractivity contribution < 1.29 is 4.79 Å².